The lowest BCUT2D eigenvalue weighted by molar-refractivity contribution is -0.156. The molecule has 3 heterocycles. The Morgan fingerprint density at radius 3 is 2.61 bits per heavy atom. The van der Waals surface area contributed by atoms with Crippen molar-refractivity contribution in [2.75, 3.05) is 19.5 Å². The number of fused-ring (bicyclic) bond motifs is 1. The van der Waals surface area contributed by atoms with E-state index in [1.807, 2.05) is 0 Å². The van der Waals surface area contributed by atoms with E-state index in [-0.39, 0.29) is 28.7 Å². The van der Waals surface area contributed by atoms with Crippen LogP contribution >= 0.6 is 7.75 Å². The Balaban J connectivity index is 1.56. The van der Waals surface area contributed by atoms with Crippen LogP contribution in [-0.4, -0.2) is 78.9 Å². The maximum absolute atomic E-state index is 13.9. The van der Waals surface area contributed by atoms with Gasteiger partial charge in [-0.15, -0.1) is 0 Å². The maximum atomic E-state index is 13.9. The number of carbonyl (C=O) groups is 1. The Morgan fingerprint density at radius 2 is 1.98 bits per heavy atom. The molecule has 4 rings (SSSR count). The first-order valence-corrected chi connectivity index (χ1v) is 14.3. The quantitative estimate of drug-likeness (QED) is 0.196. The Labute approximate surface area is 236 Å². The molecule has 0 aliphatic carbocycles. The van der Waals surface area contributed by atoms with Gasteiger partial charge in [-0.2, -0.15) is 15.1 Å². The third kappa shape index (κ3) is 6.77. The normalized spacial score (nSPS) is 25.0. The molecule has 3 aromatic rings. The highest BCUT2D eigenvalue weighted by Gasteiger charge is 2.54. The largest absolute Gasteiger partial charge is 0.479 e. The highest BCUT2D eigenvalue weighted by molar-refractivity contribution is 7.52. The molecule has 1 aliphatic heterocycles. The van der Waals surface area contributed by atoms with Crippen LogP contribution in [0.4, 0.5) is 5.95 Å². The molecule has 0 saturated carbocycles. The van der Waals surface area contributed by atoms with E-state index in [9.17, 15) is 19.6 Å². The van der Waals surface area contributed by atoms with E-state index in [1.165, 1.54) is 31.9 Å². The van der Waals surface area contributed by atoms with E-state index in [1.54, 1.807) is 51.1 Å². The van der Waals surface area contributed by atoms with Crippen LogP contribution in [0.3, 0.4) is 0 Å². The summed E-state index contributed by atoms with van der Waals surface area (Å²) in [4.78, 5) is 25.0. The lowest BCUT2D eigenvalue weighted by Crippen LogP contribution is -2.44. The number of hydrogen-bond donors (Lipinski definition) is 4. The van der Waals surface area contributed by atoms with Crippen molar-refractivity contribution in [3.8, 4) is 11.6 Å². The summed E-state index contributed by atoms with van der Waals surface area (Å²) in [6.45, 7) is 7.42. The van der Waals surface area contributed by atoms with E-state index in [0.717, 1.165) is 0 Å². The monoisotopic (exact) mass is 594 g/mol. The van der Waals surface area contributed by atoms with Crippen LogP contribution in [0.15, 0.2) is 36.7 Å². The van der Waals surface area contributed by atoms with Crippen LogP contribution in [-0.2, 0) is 23.4 Å². The first-order chi connectivity index (χ1) is 19.1. The van der Waals surface area contributed by atoms with Gasteiger partial charge < -0.3 is 34.7 Å². The molecular weight excluding hydrogens is 559 g/mol. The number of benzene rings is 1. The van der Waals surface area contributed by atoms with E-state index >= 15 is 0 Å². The van der Waals surface area contributed by atoms with E-state index in [4.69, 9.17) is 29.0 Å². The van der Waals surface area contributed by atoms with Crippen molar-refractivity contribution < 1.29 is 42.8 Å². The summed E-state index contributed by atoms with van der Waals surface area (Å²) >= 11 is 0. The number of methoxy groups -OCH3 is 1. The molecule has 2 unspecified atom stereocenters. The molecule has 224 valence electrons. The van der Waals surface area contributed by atoms with Crippen molar-refractivity contribution in [2.24, 2.45) is 0 Å². The van der Waals surface area contributed by atoms with Gasteiger partial charge in [0, 0.05) is 0 Å². The molecule has 6 atom stereocenters. The molecule has 0 amide bonds. The average molecular weight is 595 g/mol. The van der Waals surface area contributed by atoms with E-state index in [2.05, 4.69) is 20.0 Å². The van der Waals surface area contributed by atoms with Crippen LogP contribution in [0.2, 0.25) is 0 Å². The molecular formula is C25H35N6O9P. The van der Waals surface area contributed by atoms with Gasteiger partial charge in [-0.3, -0.25) is 13.9 Å². The van der Waals surface area contributed by atoms with Gasteiger partial charge >= 0.3 is 13.7 Å². The summed E-state index contributed by atoms with van der Waals surface area (Å²) < 4.78 is 43.1. The standard InChI is InChI=1S/C25H35N6O9P/c1-14(21(33)39-24(2,3)4)30-41(35,40-15-10-8-7-9-11-15)37-12-16-18(32)25(5,34)22(38-16)31-13-27-17-19(31)28-23(26)29-20(17)36-6/h7-11,13-14,16,18,22,32,34H,12H2,1-6H3,(H,30,35)(H2,26,28,29)/t14-,16+,18+,22?,25+,41?/m0/s1. The second kappa shape index (κ2) is 11.5. The number of ether oxygens (including phenoxy) is 3. The Bertz CT molecular complexity index is 1430. The number of aliphatic hydroxyl groups is 2. The van der Waals surface area contributed by atoms with Crippen molar-refractivity contribution in [2.45, 2.75) is 70.3 Å². The third-order valence-corrected chi connectivity index (χ3v) is 7.74. The average Bonchev–Trinajstić information content (AvgIpc) is 3.39. The zero-order valence-corrected chi connectivity index (χ0v) is 24.4. The number of nitrogens with zero attached hydrogens (tertiary/aromatic N) is 4. The minimum atomic E-state index is -4.27. The van der Waals surface area contributed by atoms with Gasteiger partial charge in [-0.25, -0.2) is 9.55 Å². The van der Waals surface area contributed by atoms with Crippen molar-refractivity contribution >= 4 is 30.8 Å². The zero-order chi connectivity index (χ0) is 30.2. The van der Waals surface area contributed by atoms with Gasteiger partial charge in [0.25, 0.3) is 0 Å². The number of aromatic nitrogens is 4. The fourth-order valence-electron chi connectivity index (χ4n) is 4.16. The summed E-state index contributed by atoms with van der Waals surface area (Å²) in [7, 11) is -2.87. The molecule has 1 aliphatic rings. The smallest absolute Gasteiger partial charge is 0.459 e. The number of hydrogen-bond acceptors (Lipinski definition) is 13. The van der Waals surface area contributed by atoms with Gasteiger partial charge in [0.2, 0.25) is 11.8 Å². The molecule has 5 N–H and O–H groups in total. The molecule has 1 saturated heterocycles. The van der Waals surface area contributed by atoms with Gasteiger partial charge in [0.05, 0.1) is 20.0 Å². The molecule has 1 fully saturated rings. The fraction of sp³-hybridized carbons (Fsp3) is 0.520. The van der Waals surface area contributed by atoms with Crippen molar-refractivity contribution in [1.82, 2.24) is 24.6 Å². The van der Waals surface area contributed by atoms with Crippen LogP contribution in [0.5, 0.6) is 11.6 Å². The van der Waals surface area contributed by atoms with Crippen LogP contribution in [0.1, 0.15) is 40.8 Å². The number of rotatable bonds is 10. The van der Waals surface area contributed by atoms with Gasteiger partial charge in [0.1, 0.15) is 35.2 Å². The molecule has 41 heavy (non-hydrogen) atoms. The van der Waals surface area contributed by atoms with E-state index < -0.39 is 56.0 Å². The highest BCUT2D eigenvalue weighted by Crippen LogP contribution is 2.47. The van der Waals surface area contributed by atoms with E-state index in [0.29, 0.717) is 0 Å². The number of anilines is 1. The Kier molecular flexibility index (Phi) is 8.60. The molecule has 0 spiro atoms. The van der Waals surface area contributed by atoms with Crippen LogP contribution in [0, 0.1) is 0 Å². The lowest BCUT2D eigenvalue weighted by atomic mass is 9.96. The zero-order valence-electron chi connectivity index (χ0n) is 23.5. The second-order valence-electron chi connectivity index (χ2n) is 10.7. The number of nitrogens with two attached hydrogens (primary N) is 1. The minimum absolute atomic E-state index is 0.0987. The molecule has 15 nitrogen and oxygen atoms in total. The molecule has 2 aromatic heterocycles. The van der Waals surface area contributed by atoms with Gasteiger partial charge in [-0.1, -0.05) is 18.2 Å². The number of aliphatic hydroxyl groups excluding tert-OH is 1. The Morgan fingerprint density at radius 1 is 1.29 bits per heavy atom. The highest BCUT2D eigenvalue weighted by atomic mass is 31.2. The molecule has 1 aromatic carbocycles. The van der Waals surface area contributed by atoms with Crippen molar-refractivity contribution in [3.63, 3.8) is 0 Å². The number of nitrogens with one attached hydrogen (secondary N) is 1. The Hall–Kier alpha value is -3.33. The molecule has 0 radical (unpaired) electrons. The van der Waals surface area contributed by atoms with Crippen LogP contribution < -0.4 is 20.1 Å². The SMILES string of the molecule is COc1nc(N)nc2c1ncn2C1O[C@H](COP(=O)(N[C@@H](C)C(=O)OC(C)(C)C)Oc2ccccc2)[C@@H](O)[C@@]1(C)O. The first kappa shape index (κ1) is 30.6. The predicted molar refractivity (Wildman–Crippen MR) is 146 cm³/mol. The summed E-state index contributed by atoms with van der Waals surface area (Å²) in [5.41, 5.74) is 3.60. The summed E-state index contributed by atoms with van der Waals surface area (Å²) in [5, 5.41) is 24.8. The number of carbonyl (C=O) groups excluding carboxylic acids is 1. The molecule has 0 bridgehead atoms. The topological polar surface area (TPSA) is 202 Å². The summed E-state index contributed by atoms with van der Waals surface area (Å²) in [6, 6.07) is 7.11. The number of esters is 1. The minimum Gasteiger partial charge on any atom is -0.479 e. The predicted octanol–water partition coefficient (Wildman–Crippen LogP) is 1.95. The second-order valence-corrected chi connectivity index (χ2v) is 12.4. The maximum Gasteiger partial charge on any atom is 0.459 e. The first-order valence-electron chi connectivity index (χ1n) is 12.7. The van der Waals surface area contributed by atoms with Crippen molar-refractivity contribution in [1.29, 1.82) is 0 Å². The third-order valence-electron chi connectivity index (χ3n) is 6.10. The number of para-hydroxylation sites is 1. The summed E-state index contributed by atoms with van der Waals surface area (Å²) in [5.74, 6) is -0.456. The fourth-order valence-corrected chi connectivity index (χ4v) is 5.66. The summed E-state index contributed by atoms with van der Waals surface area (Å²) in [6.07, 6.45) is -2.58. The lowest BCUT2D eigenvalue weighted by Gasteiger charge is -2.27. The number of nitrogen functional groups attached to an aromatic ring is 1. The van der Waals surface area contributed by atoms with Crippen LogP contribution in [0.25, 0.3) is 11.2 Å². The van der Waals surface area contributed by atoms with Gasteiger partial charge in [-0.05, 0) is 46.8 Å². The van der Waals surface area contributed by atoms with Crippen molar-refractivity contribution in [3.05, 3.63) is 36.7 Å². The van der Waals surface area contributed by atoms with Gasteiger partial charge in [0.15, 0.2) is 17.4 Å². The number of imidazole rings is 1. The molecule has 16 heteroatoms.